The Labute approximate surface area is 94.0 Å². The SMILES string of the molecule is Cc1ccc(B(O)O)c(C(C)C)c1[N+](=O)[O-]. The highest BCUT2D eigenvalue weighted by Crippen LogP contribution is 2.28. The Kier molecular flexibility index (Phi) is 3.67. The summed E-state index contributed by atoms with van der Waals surface area (Å²) in [5, 5.41) is 29.3. The highest BCUT2D eigenvalue weighted by Gasteiger charge is 2.27. The third-order valence-electron chi connectivity index (χ3n) is 2.49. The van der Waals surface area contributed by atoms with Gasteiger partial charge in [-0.15, -0.1) is 0 Å². The van der Waals surface area contributed by atoms with Gasteiger partial charge in [-0.05, 0) is 18.3 Å². The fourth-order valence-corrected chi connectivity index (χ4v) is 1.81. The van der Waals surface area contributed by atoms with Crippen molar-refractivity contribution in [1.82, 2.24) is 0 Å². The molecule has 0 spiro atoms. The lowest BCUT2D eigenvalue weighted by molar-refractivity contribution is -0.386. The van der Waals surface area contributed by atoms with Gasteiger partial charge in [0.2, 0.25) is 0 Å². The molecule has 0 fully saturated rings. The van der Waals surface area contributed by atoms with Crippen LogP contribution >= 0.6 is 0 Å². The Bertz CT molecular complexity index is 418. The smallest absolute Gasteiger partial charge is 0.423 e. The van der Waals surface area contributed by atoms with Crippen LogP contribution in [-0.2, 0) is 0 Å². The molecule has 0 aromatic heterocycles. The standard InChI is InChI=1S/C10H14BNO4/c1-6(2)9-8(11(13)14)5-4-7(3)10(9)12(15)16/h4-6,13-14H,1-3H3. The van der Waals surface area contributed by atoms with Gasteiger partial charge < -0.3 is 10.0 Å². The molecule has 5 nitrogen and oxygen atoms in total. The first-order valence-corrected chi connectivity index (χ1v) is 5.00. The van der Waals surface area contributed by atoms with Gasteiger partial charge in [0, 0.05) is 11.1 Å². The van der Waals surface area contributed by atoms with Crippen LogP contribution < -0.4 is 5.46 Å². The van der Waals surface area contributed by atoms with Crippen molar-refractivity contribution in [1.29, 1.82) is 0 Å². The topological polar surface area (TPSA) is 83.6 Å². The predicted molar refractivity (Wildman–Crippen MR) is 61.7 cm³/mol. The van der Waals surface area contributed by atoms with Crippen LogP contribution in [0.4, 0.5) is 5.69 Å². The molecule has 0 heterocycles. The monoisotopic (exact) mass is 223 g/mol. The van der Waals surface area contributed by atoms with Gasteiger partial charge in [0.25, 0.3) is 5.69 Å². The maximum Gasteiger partial charge on any atom is 0.488 e. The normalized spacial score (nSPS) is 10.6. The van der Waals surface area contributed by atoms with Crippen LogP contribution in [0.25, 0.3) is 0 Å². The van der Waals surface area contributed by atoms with Gasteiger partial charge in [-0.2, -0.15) is 0 Å². The highest BCUT2D eigenvalue weighted by molar-refractivity contribution is 6.59. The Balaban J connectivity index is 3.56. The van der Waals surface area contributed by atoms with Crippen LogP contribution in [0.1, 0.15) is 30.9 Å². The Hall–Kier alpha value is -1.40. The van der Waals surface area contributed by atoms with Crippen molar-refractivity contribution in [3.63, 3.8) is 0 Å². The van der Waals surface area contributed by atoms with E-state index in [0.717, 1.165) is 0 Å². The zero-order valence-electron chi connectivity index (χ0n) is 9.47. The van der Waals surface area contributed by atoms with E-state index in [9.17, 15) is 20.2 Å². The summed E-state index contributed by atoms with van der Waals surface area (Å²) in [7, 11) is -1.68. The fraction of sp³-hybridized carbons (Fsp3) is 0.400. The second-order valence-electron chi connectivity index (χ2n) is 4.02. The van der Waals surface area contributed by atoms with Gasteiger partial charge in [0.05, 0.1) is 4.92 Å². The maximum atomic E-state index is 11.0. The summed E-state index contributed by atoms with van der Waals surface area (Å²) in [6.45, 7) is 5.21. The average Bonchev–Trinajstić information content (AvgIpc) is 2.15. The van der Waals surface area contributed by atoms with E-state index < -0.39 is 12.0 Å². The molecule has 0 saturated carbocycles. The van der Waals surface area contributed by atoms with E-state index in [1.54, 1.807) is 20.8 Å². The van der Waals surface area contributed by atoms with E-state index in [4.69, 9.17) is 0 Å². The molecule has 6 heteroatoms. The van der Waals surface area contributed by atoms with Gasteiger partial charge in [-0.1, -0.05) is 26.0 Å². The summed E-state index contributed by atoms with van der Waals surface area (Å²) >= 11 is 0. The summed E-state index contributed by atoms with van der Waals surface area (Å²) in [5.41, 5.74) is 1.09. The highest BCUT2D eigenvalue weighted by atomic mass is 16.6. The number of hydrogen-bond donors (Lipinski definition) is 2. The zero-order valence-corrected chi connectivity index (χ0v) is 9.47. The minimum absolute atomic E-state index is 0.0272. The summed E-state index contributed by atoms with van der Waals surface area (Å²) in [6.07, 6.45) is 0. The third kappa shape index (κ3) is 2.23. The van der Waals surface area contributed by atoms with E-state index in [-0.39, 0.29) is 17.1 Å². The molecule has 16 heavy (non-hydrogen) atoms. The van der Waals surface area contributed by atoms with Crippen LogP contribution in [0.2, 0.25) is 0 Å². The molecule has 86 valence electrons. The van der Waals surface area contributed by atoms with E-state index in [1.165, 1.54) is 12.1 Å². The van der Waals surface area contributed by atoms with Crippen LogP contribution in [-0.4, -0.2) is 22.1 Å². The lowest BCUT2D eigenvalue weighted by atomic mass is 9.73. The molecule has 0 bridgehead atoms. The van der Waals surface area contributed by atoms with Crippen molar-refractivity contribution in [2.75, 3.05) is 0 Å². The molecule has 0 atom stereocenters. The molecule has 0 amide bonds. The summed E-state index contributed by atoms with van der Waals surface area (Å²) in [6, 6.07) is 3.04. The zero-order chi connectivity index (χ0) is 12.5. The van der Waals surface area contributed by atoms with Crippen molar-refractivity contribution in [2.45, 2.75) is 26.7 Å². The number of rotatable bonds is 3. The lowest BCUT2D eigenvalue weighted by Gasteiger charge is -2.14. The van der Waals surface area contributed by atoms with Crippen LogP contribution in [0.15, 0.2) is 12.1 Å². The van der Waals surface area contributed by atoms with Gasteiger partial charge in [-0.3, -0.25) is 10.1 Å². The number of benzene rings is 1. The number of nitro benzene ring substituents is 1. The molecule has 0 aliphatic rings. The fourth-order valence-electron chi connectivity index (χ4n) is 1.81. The van der Waals surface area contributed by atoms with E-state index in [1.807, 2.05) is 0 Å². The van der Waals surface area contributed by atoms with E-state index in [2.05, 4.69) is 0 Å². The average molecular weight is 223 g/mol. The first kappa shape index (κ1) is 12.7. The molecule has 0 unspecified atom stereocenters. The van der Waals surface area contributed by atoms with Crippen molar-refractivity contribution >= 4 is 18.3 Å². The molecule has 0 saturated heterocycles. The first-order valence-electron chi connectivity index (χ1n) is 5.00. The number of nitrogens with zero attached hydrogens (tertiary/aromatic N) is 1. The Morgan fingerprint density at radius 1 is 1.38 bits per heavy atom. The van der Waals surface area contributed by atoms with Gasteiger partial charge >= 0.3 is 7.12 Å². The van der Waals surface area contributed by atoms with Crippen LogP contribution in [0, 0.1) is 17.0 Å². The van der Waals surface area contributed by atoms with Crippen LogP contribution in [0.3, 0.4) is 0 Å². The summed E-state index contributed by atoms with van der Waals surface area (Å²) in [5.74, 6) is -0.142. The second kappa shape index (κ2) is 4.63. The molecule has 1 aromatic carbocycles. The molecule has 1 aromatic rings. The van der Waals surface area contributed by atoms with Gasteiger partial charge in [-0.25, -0.2) is 0 Å². The molecule has 2 N–H and O–H groups in total. The number of hydrogen-bond acceptors (Lipinski definition) is 4. The van der Waals surface area contributed by atoms with Crippen molar-refractivity contribution in [3.8, 4) is 0 Å². The molecule has 0 aliphatic heterocycles. The lowest BCUT2D eigenvalue weighted by Crippen LogP contribution is -2.34. The third-order valence-corrected chi connectivity index (χ3v) is 2.49. The first-order chi connectivity index (χ1) is 7.36. The molecular weight excluding hydrogens is 209 g/mol. The Morgan fingerprint density at radius 2 is 1.94 bits per heavy atom. The molecule has 0 aliphatic carbocycles. The minimum Gasteiger partial charge on any atom is -0.423 e. The van der Waals surface area contributed by atoms with Gasteiger partial charge in [0.15, 0.2) is 0 Å². The van der Waals surface area contributed by atoms with Crippen molar-refractivity contribution < 1.29 is 15.0 Å². The molecular formula is C10H14BNO4. The largest absolute Gasteiger partial charge is 0.488 e. The minimum atomic E-state index is -1.68. The molecule has 0 radical (unpaired) electrons. The van der Waals surface area contributed by atoms with E-state index in [0.29, 0.717) is 11.1 Å². The summed E-state index contributed by atoms with van der Waals surface area (Å²) in [4.78, 5) is 10.5. The van der Waals surface area contributed by atoms with Crippen molar-refractivity contribution in [3.05, 3.63) is 33.4 Å². The second-order valence-corrected chi connectivity index (χ2v) is 4.02. The maximum absolute atomic E-state index is 11.0. The number of nitro groups is 1. The Morgan fingerprint density at radius 3 is 2.31 bits per heavy atom. The van der Waals surface area contributed by atoms with E-state index >= 15 is 0 Å². The predicted octanol–water partition coefficient (Wildman–Crippen LogP) is 0.706. The quantitative estimate of drug-likeness (QED) is 0.449. The van der Waals surface area contributed by atoms with Gasteiger partial charge in [0.1, 0.15) is 0 Å². The summed E-state index contributed by atoms with van der Waals surface area (Å²) < 4.78 is 0. The number of aryl methyl sites for hydroxylation is 1. The molecule has 1 rings (SSSR count). The van der Waals surface area contributed by atoms with Crippen LogP contribution in [0.5, 0.6) is 0 Å². The van der Waals surface area contributed by atoms with Crippen molar-refractivity contribution in [2.24, 2.45) is 0 Å².